The van der Waals surface area contributed by atoms with Crippen molar-refractivity contribution < 1.29 is 18.3 Å². The van der Waals surface area contributed by atoms with E-state index < -0.39 is 11.6 Å². The highest BCUT2D eigenvalue weighted by molar-refractivity contribution is 5.79. The Bertz CT molecular complexity index is 562. The van der Waals surface area contributed by atoms with Crippen LogP contribution in [-0.2, 0) is 16.0 Å². The Morgan fingerprint density at radius 1 is 1.17 bits per heavy atom. The molecule has 6 heteroatoms. The maximum absolute atomic E-state index is 13.3. The molecule has 1 aromatic rings. The van der Waals surface area contributed by atoms with Gasteiger partial charge in [-0.2, -0.15) is 0 Å². The highest BCUT2D eigenvalue weighted by Crippen LogP contribution is 2.16. The van der Waals surface area contributed by atoms with Crippen LogP contribution in [0, 0.1) is 11.6 Å². The summed E-state index contributed by atoms with van der Waals surface area (Å²) in [6, 6.07) is 3.67. The summed E-state index contributed by atoms with van der Waals surface area (Å²) < 4.78 is 31.8. The second-order valence-corrected chi connectivity index (χ2v) is 6.25. The number of hydrogen-bond acceptors (Lipinski definition) is 3. The number of amides is 1. The first-order valence-corrected chi connectivity index (χ1v) is 8.17. The summed E-state index contributed by atoms with van der Waals surface area (Å²) in [7, 11) is 0. The first-order chi connectivity index (χ1) is 11.1. The van der Waals surface area contributed by atoms with Gasteiger partial charge in [-0.05, 0) is 43.6 Å². The molecular formula is C17H22F2N2O2. The highest BCUT2D eigenvalue weighted by atomic mass is 19.2. The van der Waals surface area contributed by atoms with Crippen LogP contribution in [0.4, 0.5) is 8.78 Å². The van der Waals surface area contributed by atoms with E-state index in [1.165, 1.54) is 18.9 Å². The van der Waals surface area contributed by atoms with Gasteiger partial charge in [-0.15, -0.1) is 0 Å². The zero-order chi connectivity index (χ0) is 16.2. The van der Waals surface area contributed by atoms with Gasteiger partial charge in [0.1, 0.15) is 0 Å². The fourth-order valence-electron chi connectivity index (χ4n) is 3.32. The largest absolute Gasteiger partial charge is 0.377 e. The second kappa shape index (κ2) is 7.36. The van der Waals surface area contributed by atoms with Crippen molar-refractivity contribution in [1.82, 2.24) is 9.80 Å². The molecule has 1 aromatic carbocycles. The van der Waals surface area contributed by atoms with Crippen LogP contribution in [0.15, 0.2) is 18.2 Å². The lowest BCUT2D eigenvalue weighted by Gasteiger charge is -2.37. The summed E-state index contributed by atoms with van der Waals surface area (Å²) in [5, 5.41) is 0. The van der Waals surface area contributed by atoms with Crippen LogP contribution in [0.25, 0.3) is 0 Å². The average Bonchev–Trinajstić information content (AvgIpc) is 3.04. The third-order valence-corrected chi connectivity index (χ3v) is 4.55. The van der Waals surface area contributed by atoms with Crippen LogP contribution in [-0.4, -0.2) is 61.1 Å². The van der Waals surface area contributed by atoms with Crippen molar-refractivity contribution in [3.05, 3.63) is 35.4 Å². The third kappa shape index (κ3) is 4.06. The molecule has 3 rings (SSSR count). The minimum Gasteiger partial charge on any atom is -0.377 e. The number of hydrogen-bond donors (Lipinski definition) is 0. The molecule has 126 valence electrons. The van der Waals surface area contributed by atoms with Gasteiger partial charge in [0.25, 0.3) is 0 Å². The van der Waals surface area contributed by atoms with Crippen LogP contribution >= 0.6 is 0 Å². The molecule has 2 aliphatic rings. The van der Waals surface area contributed by atoms with Crippen molar-refractivity contribution >= 4 is 5.91 Å². The van der Waals surface area contributed by atoms with Gasteiger partial charge in [0.15, 0.2) is 11.6 Å². The average molecular weight is 324 g/mol. The van der Waals surface area contributed by atoms with E-state index in [0.29, 0.717) is 25.3 Å². The van der Waals surface area contributed by atoms with E-state index in [-0.39, 0.29) is 18.4 Å². The van der Waals surface area contributed by atoms with Crippen molar-refractivity contribution in [1.29, 1.82) is 0 Å². The maximum atomic E-state index is 13.3. The molecule has 0 saturated carbocycles. The molecule has 2 aliphatic heterocycles. The maximum Gasteiger partial charge on any atom is 0.227 e. The number of rotatable bonds is 4. The van der Waals surface area contributed by atoms with Gasteiger partial charge in [-0.25, -0.2) is 8.78 Å². The predicted octanol–water partition coefficient (Wildman–Crippen LogP) is 1.83. The number of nitrogens with zero attached hydrogens (tertiary/aromatic N) is 2. The fraction of sp³-hybridized carbons (Fsp3) is 0.588. The van der Waals surface area contributed by atoms with Gasteiger partial charge in [0.05, 0.1) is 25.7 Å². The summed E-state index contributed by atoms with van der Waals surface area (Å²) in [5.74, 6) is -1.85. The Hall–Kier alpha value is -1.53. The Kier molecular flexibility index (Phi) is 5.23. The standard InChI is InChI=1S/C17H22F2N2O2/c18-15-4-3-13(9-16(15)19)10-17(22)21-7-8-23-12-14(21)11-20-5-1-2-6-20/h3-4,9,14H,1-2,5-8,10-12H2. The summed E-state index contributed by atoms with van der Waals surface area (Å²) in [6.45, 7) is 4.59. The summed E-state index contributed by atoms with van der Waals surface area (Å²) in [5.41, 5.74) is 0.500. The molecule has 0 radical (unpaired) electrons. The molecule has 23 heavy (non-hydrogen) atoms. The quantitative estimate of drug-likeness (QED) is 0.847. The zero-order valence-electron chi connectivity index (χ0n) is 13.1. The Balaban J connectivity index is 1.64. The van der Waals surface area contributed by atoms with Crippen LogP contribution in [0.3, 0.4) is 0 Å². The van der Waals surface area contributed by atoms with Gasteiger partial charge >= 0.3 is 0 Å². The predicted molar refractivity (Wildman–Crippen MR) is 82.1 cm³/mol. The highest BCUT2D eigenvalue weighted by Gasteiger charge is 2.29. The number of likely N-dealkylation sites (tertiary alicyclic amines) is 1. The van der Waals surface area contributed by atoms with E-state index in [0.717, 1.165) is 31.8 Å². The van der Waals surface area contributed by atoms with E-state index >= 15 is 0 Å². The van der Waals surface area contributed by atoms with Crippen LogP contribution in [0.1, 0.15) is 18.4 Å². The SMILES string of the molecule is O=C(Cc1ccc(F)c(F)c1)N1CCOCC1CN1CCCC1. The number of carbonyl (C=O) groups excluding carboxylic acids is 1. The molecule has 0 spiro atoms. The molecule has 0 aliphatic carbocycles. The monoisotopic (exact) mass is 324 g/mol. The van der Waals surface area contributed by atoms with E-state index in [2.05, 4.69) is 4.90 Å². The lowest BCUT2D eigenvalue weighted by molar-refractivity contribution is -0.139. The number of benzene rings is 1. The first kappa shape index (κ1) is 16.3. The Morgan fingerprint density at radius 2 is 1.96 bits per heavy atom. The topological polar surface area (TPSA) is 32.8 Å². The molecular weight excluding hydrogens is 302 g/mol. The minimum atomic E-state index is -0.911. The summed E-state index contributed by atoms with van der Waals surface area (Å²) in [6.07, 6.45) is 2.50. The second-order valence-electron chi connectivity index (χ2n) is 6.25. The molecule has 1 amide bonds. The summed E-state index contributed by atoms with van der Waals surface area (Å²) >= 11 is 0. The van der Waals surface area contributed by atoms with Gasteiger partial charge < -0.3 is 14.5 Å². The molecule has 2 heterocycles. The fourth-order valence-corrected chi connectivity index (χ4v) is 3.32. The smallest absolute Gasteiger partial charge is 0.227 e. The third-order valence-electron chi connectivity index (χ3n) is 4.55. The van der Waals surface area contributed by atoms with Gasteiger partial charge in [0.2, 0.25) is 5.91 Å². The van der Waals surface area contributed by atoms with E-state index in [1.807, 2.05) is 4.90 Å². The van der Waals surface area contributed by atoms with E-state index in [1.54, 1.807) is 0 Å². The molecule has 4 nitrogen and oxygen atoms in total. The number of morpholine rings is 1. The van der Waals surface area contributed by atoms with Gasteiger partial charge in [-0.3, -0.25) is 4.79 Å². The number of carbonyl (C=O) groups is 1. The Labute approximate surface area is 135 Å². The lowest BCUT2D eigenvalue weighted by Crippen LogP contribution is -2.53. The van der Waals surface area contributed by atoms with Crippen molar-refractivity contribution in [2.75, 3.05) is 39.4 Å². The van der Waals surface area contributed by atoms with Crippen molar-refractivity contribution in [3.63, 3.8) is 0 Å². The summed E-state index contributed by atoms with van der Waals surface area (Å²) in [4.78, 5) is 16.8. The molecule has 0 aromatic heterocycles. The molecule has 0 bridgehead atoms. The van der Waals surface area contributed by atoms with Crippen LogP contribution in [0.2, 0.25) is 0 Å². The lowest BCUT2D eigenvalue weighted by atomic mass is 10.1. The molecule has 2 fully saturated rings. The van der Waals surface area contributed by atoms with Crippen molar-refractivity contribution in [3.8, 4) is 0 Å². The molecule has 1 atom stereocenters. The van der Waals surface area contributed by atoms with Crippen molar-refractivity contribution in [2.45, 2.75) is 25.3 Å². The normalized spacial score (nSPS) is 22.5. The van der Waals surface area contributed by atoms with Crippen LogP contribution in [0.5, 0.6) is 0 Å². The molecule has 2 saturated heterocycles. The van der Waals surface area contributed by atoms with Crippen LogP contribution < -0.4 is 0 Å². The Morgan fingerprint density at radius 3 is 2.70 bits per heavy atom. The number of halogens is 2. The van der Waals surface area contributed by atoms with Crippen molar-refractivity contribution in [2.24, 2.45) is 0 Å². The molecule has 0 N–H and O–H groups in total. The van der Waals surface area contributed by atoms with Gasteiger partial charge in [0, 0.05) is 13.1 Å². The first-order valence-electron chi connectivity index (χ1n) is 8.17. The van der Waals surface area contributed by atoms with Gasteiger partial charge in [-0.1, -0.05) is 6.07 Å². The molecule has 1 unspecified atom stereocenters. The number of ether oxygens (including phenoxy) is 1. The zero-order valence-corrected chi connectivity index (χ0v) is 13.1. The van der Waals surface area contributed by atoms with E-state index in [4.69, 9.17) is 4.74 Å². The van der Waals surface area contributed by atoms with E-state index in [9.17, 15) is 13.6 Å². The minimum absolute atomic E-state index is 0.0413.